The van der Waals surface area contributed by atoms with Crippen LogP contribution in [0.25, 0.3) is 0 Å². The van der Waals surface area contributed by atoms with Crippen molar-refractivity contribution < 1.29 is 9.59 Å². The number of anilines is 1. The van der Waals surface area contributed by atoms with Crippen molar-refractivity contribution in [2.75, 3.05) is 11.9 Å². The van der Waals surface area contributed by atoms with Crippen LogP contribution in [0.1, 0.15) is 56.9 Å². The van der Waals surface area contributed by atoms with E-state index in [1.807, 2.05) is 29.2 Å². The fraction of sp³-hybridized carbons (Fsp3) is 0.579. The first-order chi connectivity index (χ1) is 11.2. The number of rotatable bonds is 5. The molecule has 2 aliphatic rings. The number of hydrogen-bond acceptors (Lipinski definition) is 2. The summed E-state index contributed by atoms with van der Waals surface area (Å²) < 4.78 is 0. The molecule has 1 heterocycles. The maximum absolute atomic E-state index is 12.2. The highest BCUT2D eigenvalue weighted by molar-refractivity contribution is 5.90. The molecule has 2 fully saturated rings. The van der Waals surface area contributed by atoms with Crippen LogP contribution in [0.3, 0.4) is 0 Å². The van der Waals surface area contributed by atoms with Crippen LogP contribution in [-0.4, -0.2) is 23.3 Å². The van der Waals surface area contributed by atoms with E-state index in [9.17, 15) is 9.59 Å². The molecule has 1 saturated carbocycles. The lowest BCUT2D eigenvalue weighted by atomic mass is 9.87. The summed E-state index contributed by atoms with van der Waals surface area (Å²) in [5.74, 6) is 0.900. The number of likely N-dealkylation sites (tertiary alicyclic amines) is 1. The van der Waals surface area contributed by atoms with Crippen molar-refractivity contribution in [3.05, 3.63) is 29.8 Å². The molecule has 0 radical (unpaired) electrons. The molecule has 0 spiro atoms. The zero-order chi connectivity index (χ0) is 16.1. The highest BCUT2D eigenvalue weighted by atomic mass is 16.2. The Morgan fingerprint density at radius 3 is 2.74 bits per heavy atom. The fourth-order valence-corrected chi connectivity index (χ4v) is 3.70. The van der Waals surface area contributed by atoms with Gasteiger partial charge in [0.2, 0.25) is 11.8 Å². The minimum absolute atomic E-state index is 0.117. The maximum atomic E-state index is 12.2. The van der Waals surface area contributed by atoms with E-state index in [4.69, 9.17) is 0 Å². The Balaban J connectivity index is 1.54. The minimum atomic E-state index is 0.117. The second kappa shape index (κ2) is 7.62. The van der Waals surface area contributed by atoms with Crippen molar-refractivity contribution in [3.63, 3.8) is 0 Å². The first-order valence-corrected chi connectivity index (χ1v) is 8.87. The molecule has 1 aliphatic carbocycles. The summed E-state index contributed by atoms with van der Waals surface area (Å²) in [6.07, 6.45) is 8.46. The van der Waals surface area contributed by atoms with Crippen molar-refractivity contribution in [2.24, 2.45) is 5.92 Å². The molecule has 1 N–H and O–H groups in total. The Morgan fingerprint density at radius 2 is 2.00 bits per heavy atom. The third kappa shape index (κ3) is 4.57. The van der Waals surface area contributed by atoms with E-state index in [2.05, 4.69) is 5.32 Å². The molecule has 0 bridgehead atoms. The smallest absolute Gasteiger partial charge is 0.224 e. The van der Waals surface area contributed by atoms with Gasteiger partial charge in [-0.1, -0.05) is 31.4 Å². The molecule has 23 heavy (non-hydrogen) atoms. The van der Waals surface area contributed by atoms with Gasteiger partial charge in [-0.2, -0.15) is 0 Å². The first-order valence-electron chi connectivity index (χ1n) is 8.87. The normalized spacial score (nSPS) is 19.1. The number of carbonyl (C=O) groups is 2. The summed E-state index contributed by atoms with van der Waals surface area (Å²) in [6.45, 7) is 1.49. The average Bonchev–Trinajstić information content (AvgIpc) is 2.93. The summed E-state index contributed by atoms with van der Waals surface area (Å²) in [5.41, 5.74) is 1.92. The highest BCUT2D eigenvalue weighted by Gasteiger charge is 2.20. The Hall–Kier alpha value is -1.84. The number of nitrogens with one attached hydrogen (secondary N) is 1. The van der Waals surface area contributed by atoms with Gasteiger partial charge in [-0.15, -0.1) is 0 Å². The monoisotopic (exact) mass is 314 g/mol. The van der Waals surface area contributed by atoms with Crippen molar-refractivity contribution >= 4 is 17.5 Å². The largest absolute Gasteiger partial charge is 0.338 e. The molecular formula is C19H26N2O2. The predicted octanol–water partition coefficient (Wildman–Crippen LogP) is 3.72. The molecule has 1 aromatic carbocycles. The van der Waals surface area contributed by atoms with Crippen LogP contribution in [0.4, 0.5) is 5.69 Å². The van der Waals surface area contributed by atoms with Gasteiger partial charge >= 0.3 is 0 Å². The molecule has 1 saturated heterocycles. The van der Waals surface area contributed by atoms with Gasteiger partial charge in [0.25, 0.3) is 0 Å². The zero-order valence-corrected chi connectivity index (χ0v) is 13.7. The number of benzene rings is 1. The van der Waals surface area contributed by atoms with Crippen LogP contribution in [0.15, 0.2) is 24.3 Å². The van der Waals surface area contributed by atoms with Gasteiger partial charge in [-0.05, 0) is 42.9 Å². The van der Waals surface area contributed by atoms with Crippen LogP contribution in [0.2, 0.25) is 0 Å². The molecule has 2 amide bonds. The number of amides is 2. The van der Waals surface area contributed by atoms with Gasteiger partial charge in [0.05, 0.1) is 0 Å². The third-order valence-corrected chi connectivity index (χ3v) is 4.95. The quantitative estimate of drug-likeness (QED) is 0.900. The van der Waals surface area contributed by atoms with E-state index in [0.29, 0.717) is 25.3 Å². The predicted molar refractivity (Wildman–Crippen MR) is 90.9 cm³/mol. The standard InChI is InChI=1S/C19H26N2O2/c22-18(13-15-6-2-1-3-7-15)20-17-9-4-8-16(12-17)14-21-11-5-10-19(21)23/h4,8-9,12,15H,1-3,5-7,10-11,13-14H2,(H,20,22). The maximum Gasteiger partial charge on any atom is 0.224 e. The number of nitrogens with zero attached hydrogens (tertiary/aromatic N) is 1. The number of carbonyl (C=O) groups excluding carboxylic acids is 2. The fourth-order valence-electron chi connectivity index (χ4n) is 3.70. The SMILES string of the molecule is O=C(CC1CCCCC1)Nc1cccc(CN2CCCC2=O)c1. The van der Waals surface area contributed by atoms with Crippen molar-refractivity contribution in [2.45, 2.75) is 57.9 Å². The molecule has 1 aliphatic heterocycles. The minimum Gasteiger partial charge on any atom is -0.338 e. The second-order valence-corrected chi connectivity index (χ2v) is 6.88. The molecular weight excluding hydrogens is 288 g/mol. The average molecular weight is 314 g/mol. The van der Waals surface area contributed by atoms with E-state index >= 15 is 0 Å². The summed E-state index contributed by atoms with van der Waals surface area (Å²) in [6, 6.07) is 7.88. The molecule has 4 nitrogen and oxygen atoms in total. The summed E-state index contributed by atoms with van der Waals surface area (Å²) in [4.78, 5) is 25.8. The summed E-state index contributed by atoms with van der Waals surface area (Å²) in [7, 11) is 0. The van der Waals surface area contributed by atoms with Gasteiger partial charge in [-0.3, -0.25) is 9.59 Å². The molecule has 124 valence electrons. The van der Waals surface area contributed by atoms with E-state index < -0.39 is 0 Å². The Labute approximate surface area is 138 Å². The van der Waals surface area contributed by atoms with Gasteiger partial charge in [0.1, 0.15) is 0 Å². The van der Waals surface area contributed by atoms with Gasteiger partial charge < -0.3 is 10.2 Å². The first kappa shape index (κ1) is 16.0. The third-order valence-electron chi connectivity index (χ3n) is 4.95. The van der Waals surface area contributed by atoms with E-state index in [1.165, 1.54) is 32.1 Å². The molecule has 4 heteroatoms. The second-order valence-electron chi connectivity index (χ2n) is 6.88. The Kier molecular flexibility index (Phi) is 5.31. The van der Waals surface area contributed by atoms with E-state index in [-0.39, 0.29) is 11.8 Å². The summed E-state index contributed by atoms with van der Waals surface area (Å²) in [5, 5.41) is 3.02. The van der Waals surface area contributed by atoms with Crippen LogP contribution >= 0.6 is 0 Å². The van der Waals surface area contributed by atoms with Gasteiger partial charge in [0, 0.05) is 31.6 Å². The van der Waals surface area contributed by atoms with Crippen molar-refractivity contribution in [1.29, 1.82) is 0 Å². The van der Waals surface area contributed by atoms with E-state index in [1.54, 1.807) is 0 Å². The van der Waals surface area contributed by atoms with Crippen LogP contribution in [0, 0.1) is 5.92 Å². The lowest BCUT2D eigenvalue weighted by Gasteiger charge is -2.21. The number of hydrogen-bond donors (Lipinski definition) is 1. The van der Waals surface area contributed by atoms with Crippen LogP contribution in [-0.2, 0) is 16.1 Å². The van der Waals surface area contributed by atoms with Crippen molar-refractivity contribution in [3.8, 4) is 0 Å². The Bertz CT molecular complexity index is 564. The lowest BCUT2D eigenvalue weighted by Crippen LogP contribution is -2.24. The van der Waals surface area contributed by atoms with Gasteiger partial charge in [-0.25, -0.2) is 0 Å². The molecule has 3 rings (SSSR count). The topological polar surface area (TPSA) is 49.4 Å². The highest BCUT2D eigenvalue weighted by Crippen LogP contribution is 2.26. The lowest BCUT2D eigenvalue weighted by molar-refractivity contribution is -0.128. The summed E-state index contributed by atoms with van der Waals surface area (Å²) >= 11 is 0. The Morgan fingerprint density at radius 1 is 1.17 bits per heavy atom. The molecule has 0 unspecified atom stereocenters. The van der Waals surface area contributed by atoms with Gasteiger partial charge in [0.15, 0.2) is 0 Å². The zero-order valence-electron chi connectivity index (χ0n) is 13.7. The van der Waals surface area contributed by atoms with Crippen LogP contribution in [0.5, 0.6) is 0 Å². The molecule has 0 atom stereocenters. The van der Waals surface area contributed by atoms with E-state index in [0.717, 1.165) is 24.2 Å². The van der Waals surface area contributed by atoms with Crippen LogP contribution < -0.4 is 5.32 Å². The molecule has 0 aromatic heterocycles. The van der Waals surface area contributed by atoms with Crippen molar-refractivity contribution in [1.82, 2.24) is 4.90 Å². The molecule has 1 aromatic rings.